The van der Waals surface area contributed by atoms with Gasteiger partial charge in [0.2, 0.25) is 0 Å². The van der Waals surface area contributed by atoms with E-state index in [1.807, 2.05) is 0 Å². The van der Waals surface area contributed by atoms with Crippen LogP contribution in [0.5, 0.6) is 0 Å². The summed E-state index contributed by atoms with van der Waals surface area (Å²) in [6.07, 6.45) is 29.4. The Morgan fingerprint density at radius 2 is 0.704 bits per heavy atom. The van der Waals surface area contributed by atoms with Crippen LogP contribution in [0.1, 0.15) is 142 Å². The van der Waals surface area contributed by atoms with Gasteiger partial charge in [-0.25, -0.2) is 0 Å². The Hall–Kier alpha value is -0.0400. The van der Waals surface area contributed by atoms with Crippen LogP contribution in [0.4, 0.5) is 0 Å². The summed E-state index contributed by atoms with van der Waals surface area (Å²) in [6.45, 7) is 10.6. The Morgan fingerprint density at radius 1 is 0.407 bits per heavy atom. The Morgan fingerprint density at radius 3 is 1.04 bits per heavy atom. The minimum absolute atomic E-state index is 1.37. The second-order valence-corrected chi connectivity index (χ2v) is 9.60. The average Bonchev–Trinajstić information content (AvgIpc) is 3.14. The third-order valence-corrected chi connectivity index (χ3v) is 6.99. The van der Waals surface area contributed by atoms with Crippen molar-refractivity contribution in [2.45, 2.75) is 142 Å². The van der Waals surface area contributed by atoms with Crippen molar-refractivity contribution >= 4 is 0 Å². The van der Waals surface area contributed by atoms with Gasteiger partial charge in [-0.15, -0.1) is 0 Å². The number of unbranched alkanes of at least 4 members (excludes halogenated alkanes) is 16. The van der Waals surface area contributed by atoms with Crippen LogP contribution in [0.3, 0.4) is 0 Å². The van der Waals surface area contributed by atoms with Gasteiger partial charge >= 0.3 is 0 Å². The summed E-state index contributed by atoms with van der Waals surface area (Å²) < 4.78 is 1.49. The molecule has 0 radical (unpaired) electrons. The minimum Gasteiger partial charge on any atom is -0.324 e. The molecule has 0 saturated carbocycles. The third-order valence-electron chi connectivity index (χ3n) is 6.99. The van der Waals surface area contributed by atoms with Gasteiger partial charge in [0.05, 0.1) is 26.2 Å². The summed E-state index contributed by atoms with van der Waals surface area (Å²) in [7, 11) is 0. The summed E-state index contributed by atoms with van der Waals surface area (Å²) in [5.74, 6) is 0. The van der Waals surface area contributed by atoms with Crippen molar-refractivity contribution in [2.75, 3.05) is 26.2 Å². The molecule has 0 amide bonds. The topological polar surface area (TPSA) is 0 Å². The molecular formula is C26H54N+. The van der Waals surface area contributed by atoms with E-state index < -0.39 is 0 Å². The molecule has 0 aromatic carbocycles. The molecular weight excluding hydrogens is 326 g/mol. The Balaban J connectivity index is 1.91. The van der Waals surface area contributed by atoms with Gasteiger partial charge in [0.15, 0.2) is 0 Å². The molecule has 1 heteroatoms. The molecule has 162 valence electrons. The maximum atomic E-state index is 2.32. The average molecular weight is 381 g/mol. The molecule has 1 heterocycles. The summed E-state index contributed by atoms with van der Waals surface area (Å²) in [4.78, 5) is 0. The Labute approximate surface area is 173 Å². The van der Waals surface area contributed by atoms with Gasteiger partial charge in [0.1, 0.15) is 0 Å². The molecule has 1 rings (SSSR count). The van der Waals surface area contributed by atoms with Crippen molar-refractivity contribution in [2.24, 2.45) is 0 Å². The quantitative estimate of drug-likeness (QED) is 0.146. The lowest BCUT2D eigenvalue weighted by Crippen LogP contribution is -2.46. The molecule has 0 aromatic heterocycles. The summed E-state index contributed by atoms with van der Waals surface area (Å²) in [5.41, 5.74) is 0. The molecule has 1 saturated heterocycles. The zero-order valence-electron chi connectivity index (χ0n) is 19.4. The first kappa shape index (κ1) is 25.0. The molecule has 0 unspecified atom stereocenters. The number of hydrogen-bond acceptors (Lipinski definition) is 0. The predicted molar refractivity (Wildman–Crippen MR) is 123 cm³/mol. The standard InChI is InChI=1S/C26H54N/c1-3-5-7-9-10-11-12-13-14-15-16-18-20-24-27(25-21-22-26-27)23-19-17-8-6-4-2/h3-26H2,1-2H3/q+1. The first-order valence-corrected chi connectivity index (χ1v) is 13.2. The van der Waals surface area contributed by atoms with Gasteiger partial charge in [0, 0.05) is 12.8 Å². The first-order valence-electron chi connectivity index (χ1n) is 13.2. The van der Waals surface area contributed by atoms with E-state index in [9.17, 15) is 0 Å². The van der Waals surface area contributed by atoms with Crippen molar-refractivity contribution in [3.05, 3.63) is 0 Å². The lowest BCUT2D eigenvalue weighted by molar-refractivity contribution is -0.917. The van der Waals surface area contributed by atoms with Crippen molar-refractivity contribution in [1.82, 2.24) is 0 Å². The highest BCUT2D eigenvalue weighted by atomic mass is 15.4. The number of nitrogens with zero attached hydrogens (tertiary/aromatic N) is 1. The lowest BCUT2D eigenvalue weighted by atomic mass is 10.0. The van der Waals surface area contributed by atoms with Gasteiger partial charge in [0.25, 0.3) is 0 Å². The van der Waals surface area contributed by atoms with Crippen molar-refractivity contribution in [3.63, 3.8) is 0 Å². The van der Waals surface area contributed by atoms with E-state index >= 15 is 0 Å². The van der Waals surface area contributed by atoms with Gasteiger partial charge in [-0.3, -0.25) is 0 Å². The maximum Gasteiger partial charge on any atom is 0.0788 e. The fourth-order valence-corrected chi connectivity index (χ4v) is 5.08. The van der Waals surface area contributed by atoms with E-state index in [0.717, 1.165) is 0 Å². The van der Waals surface area contributed by atoms with Gasteiger partial charge in [-0.2, -0.15) is 0 Å². The highest BCUT2D eigenvalue weighted by molar-refractivity contribution is 4.57. The normalized spacial score (nSPS) is 16.2. The van der Waals surface area contributed by atoms with Crippen molar-refractivity contribution < 1.29 is 4.48 Å². The highest BCUT2D eigenvalue weighted by Gasteiger charge is 2.30. The van der Waals surface area contributed by atoms with Gasteiger partial charge < -0.3 is 4.48 Å². The predicted octanol–water partition coefficient (Wildman–Crippen LogP) is 8.66. The smallest absolute Gasteiger partial charge is 0.0788 e. The molecule has 1 nitrogen and oxygen atoms in total. The highest BCUT2D eigenvalue weighted by Crippen LogP contribution is 2.23. The van der Waals surface area contributed by atoms with E-state index in [2.05, 4.69) is 13.8 Å². The van der Waals surface area contributed by atoms with Crippen LogP contribution in [0.15, 0.2) is 0 Å². The molecule has 0 aromatic rings. The Bertz CT molecular complexity index is 293. The molecule has 1 fully saturated rings. The maximum absolute atomic E-state index is 2.32. The van der Waals surface area contributed by atoms with E-state index in [1.54, 1.807) is 0 Å². The zero-order valence-corrected chi connectivity index (χ0v) is 19.4. The fourth-order valence-electron chi connectivity index (χ4n) is 5.08. The largest absolute Gasteiger partial charge is 0.324 e. The molecule has 27 heavy (non-hydrogen) atoms. The van der Waals surface area contributed by atoms with Crippen LogP contribution in [-0.2, 0) is 0 Å². The van der Waals surface area contributed by atoms with E-state index in [4.69, 9.17) is 0 Å². The zero-order chi connectivity index (χ0) is 19.5. The van der Waals surface area contributed by atoms with Crippen LogP contribution >= 0.6 is 0 Å². The minimum atomic E-state index is 1.37. The monoisotopic (exact) mass is 380 g/mol. The number of likely N-dealkylation sites (tertiary alicyclic amines) is 1. The molecule has 1 aliphatic heterocycles. The molecule has 0 aliphatic carbocycles. The number of hydrogen-bond donors (Lipinski definition) is 0. The summed E-state index contributed by atoms with van der Waals surface area (Å²) >= 11 is 0. The fraction of sp³-hybridized carbons (Fsp3) is 1.00. The van der Waals surface area contributed by atoms with E-state index in [0.29, 0.717) is 0 Å². The van der Waals surface area contributed by atoms with Gasteiger partial charge in [-0.1, -0.05) is 104 Å². The lowest BCUT2D eigenvalue weighted by Gasteiger charge is -2.34. The molecule has 1 aliphatic rings. The number of quaternary nitrogens is 1. The van der Waals surface area contributed by atoms with Crippen LogP contribution < -0.4 is 0 Å². The van der Waals surface area contributed by atoms with E-state index in [-0.39, 0.29) is 0 Å². The van der Waals surface area contributed by atoms with Gasteiger partial charge in [-0.05, 0) is 25.7 Å². The van der Waals surface area contributed by atoms with Crippen LogP contribution in [-0.4, -0.2) is 30.7 Å². The SMILES string of the molecule is CCCCCCCCCCCCCCC[N+]1(CCCCCCC)CCCC1. The second-order valence-electron chi connectivity index (χ2n) is 9.60. The second kappa shape index (κ2) is 18.0. The van der Waals surface area contributed by atoms with Crippen molar-refractivity contribution in [3.8, 4) is 0 Å². The van der Waals surface area contributed by atoms with Crippen molar-refractivity contribution in [1.29, 1.82) is 0 Å². The molecule has 0 spiro atoms. The Kier molecular flexibility index (Phi) is 16.7. The van der Waals surface area contributed by atoms with Crippen LogP contribution in [0.2, 0.25) is 0 Å². The molecule has 0 atom stereocenters. The third kappa shape index (κ3) is 13.7. The first-order chi connectivity index (χ1) is 13.3. The van der Waals surface area contributed by atoms with E-state index in [1.165, 1.54) is 159 Å². The summed E-state index contributed by atoms with van der Waals surface area (Å²) in [5, 5.41) is 0. The molecule has 0 bridgehead atoms. The number of rotatable bonds is 20. The molecule has 0 N–H and O–H groups in total. The van der Waals surface area contributed by atoms with Crippen LogP contribution in [0, 0.1) is 0 Å². The van der Waals surface area contributed by atoms with Crippen LogP contribution in [0.25, 0.3) is 0 Å². The summed E-state index contributed by atoms with van der Waals surface area (Å²) in [6, 6.07) is 0.